The minimum Gasteiger partial charge on any atom is -0.170 e. The van der Waals surface area contributed by atoms with Gasteiger partial charge in [-0.15, -0.1) is 0 Å². The summed E-state index contributed by atoms with van der Waals surface area (Å²) in [6.45, 7) is 2.24. The van der Waals surface area contributed by atoms with Gasteiger partial charge in [-0.1, -0.05) is 44.0 Å². The Kier molecular flexibility index (Phi) is 5.17. The van der Waals surface area contributed by atoms with Crippen molar-refractivity contribution in [1.29, 1.82) is 0 Å². The van der Waals surface area contributed by atoms with Crippen LogP contribution in [0.3, 0.4) is 0 Å². The summed E-state index contributed by atoms with van der Waals surface area (Å²) in [5.74, 6) is 0. The summed E-state index contributed by atoms with van der Waals surface area (Å²) in [6.07, 6.45) is 5.14. The SMILES string of the molecule is CCCCCc1ccccc1[SiH2]Cl. The normalized spacial score (nSPS) is 11.2. The number of hydrogen-bond acceptors (Lipinski definition) is 0. The summed E-state index contributed by atoms with van der Waals surface area (Å²) < 4.78 is 0. The molecule has 1 aromatic carbocycles. The number of rotatable bonds is 5. The fraction of sp³-hybridized carbons (Fsp3) is 0.455. The second-order valence-corrected chi connectivity index (χ2v) is 5.19. The van der Waals surface area contributed by atoms with E-state index in [9.17, 15) is 0 Å². The quantitative estimate of drug-likeness (QED) is 0.400. The Labute approximate surface area is 87.8 Å². The molecular formula is C11H17ClSi. The van der Waals surface area contributed by atoms with Gasteiger partial charge in [0.15, 0.2) is 8.83 Å². The Morgan fingerprint density at radius 3 is 2.69 bits per heavy atom. The molecule has 0 bridgehead atoms. The van der Waals surface area contributed by atoms with Crippen LogP contribution < -0.4 is 5.19 Å². The van der Waals surface area contributed by atoms with Crippen LogP contribution in [-0.4, -0.2) is 8.83 Å². The predicted molar refractivity (Wildman–Crippen MR) is 63.7 cm³/mol. The molecule has 0 aliphatic heterocycles. The van der Waals surface area contributed by atoms with Crippen molar-refractivity contribution in [2.45, 2.75) is 32.6 Å². The van der Waals surface area contributed by atoms with Crippen LogP contribution in [0.15, 0.2) is 24.3 Å². The molecule has 0 fully saturated rings. The summed E-state index contributed by atoms with van der Waals surface area (Å²) >= 11 is 5.98. The van der Waals surface area contributed by atoms with E-state index in [1.54, 1.807) is 0 Å². The summed E-state index contributed by atoms with van der Waals surface area (Å²) in [5.41, 5.74) is 1.48. The van der Waals surface area contributed by atoms with Crippen molar-refractivity contribution < 1.29 is 0 Å². The van der Waals surface area contributed by atoms with E-state index in [0.717, 1.165) is 0 Å². The van der Waals surface area contributed by atoms with E-state index < -0.39 is 8.83 Å². The Morgan fingerprint density at radius 2 is 2.00 bits per heavy atom. The third kappa shape index (κ3) is 3.53. The molecule has 0 heterocycles. The fourth-order valence-corrected chi connectivity index (χ4v) is 2.97. The van der Waals surface area contributed by atoms with Gasteiger partial charge in [0.05, 0.1) is 0 Å². The highest BCUT2D eigenvalue weighted by atomic mass is 35.6. The molecule has 0 N–H and O–H groups in total. The van der Waals surface area contributed by atoms with Crippen molar-refractivity contribution in [1.82, 2.24) is 0 Å². The summed E-state index contributed by atoms with van der Waals surface area (Å²) in [6, 6.07) is 8.61. The van der Waals surface area contributed by atoms with Crippen molar-refractivity contribution in [2.24, 2.45) is 0 Å². The molecule has 0 radical (unpaired) electrons. The maximum Gasteiger partial charge on any atom is 0.156 e. The smallest absolute Gasteiger partial charge is 0.156 e. The van der Waals surface area contributed by atoms with Crippen molar-refractivity contribution in [3.63, 3.8) is 0 Å². The van der Waals surface area contributed by atoms with Gasteiger partial charge in [-0.05, 0) is 23.6 Å². The first-order valence-corrected chi connectivity index (χ1v) is 7.85. The van der Waals surface area contributed by atoms with E-state index in [0.29, 0.717) is 0 Å². The third-order valence-electron chi connectivity index (χ3n) is 2.31. The highest BCUT2D eigenvalue weighted by Gasteiger charge is 1.99. The zero-order valence-electron chi connectivity index (χ0n) is 8.22. The molecule has 0 amide bonds. The Balaban J connectivity index is 2.54. The van der Waals surface area contributed by atoms with Crippen LogP contribution in [0.5, 0.6) is 0 Å². The number of benzene rings is 1. The van der Waals surface area contributed by atoms with Gasteiger partial charge < -0.3 is 0 Å². The number of halogens is 1. The molecule has 2 heteroatoms. The van der Waals surface area contributed by atoms with Gasteiger partial charge in [-0.3, -0.25) is 0 Å². The summed E-state index contributed by atoms with van der Waals surface area (Å²) in [4.78, 5) is 0. The topological polar surface area (TPSA) is 0 Å². The van der Waals surface area contributed by atoms with Crippen LogP contribution in [-0.2, 0) is 6.42 Å². The lowest BCUT2D eigenvalue weighted by molar-refractivity contribution is 0.719. The van der Waals surface area contributed by atoms with Gasteiger partial charge in [0.1, 0.15) is 0 Å². The Hall–Kier alpha value is -0.273. The zero-order valence-corrected chi connectivity index (χ0v) is 10.4. The standard InChI is InChI=1S/C11H17ClSi/c1-2-3-4-7-10-8-5-6-9-11(10)13-12/h5-6,8-9H,2-4,7,13H2,1H3. The average Bonchev–Trinajstić information content (AvgIpc) is 2.19. The van der Waals surface area contributed by atoms with E-state index >= 15 is 0 Å². The second kappa shape index (κ2) is 6.22. The van der Waals surface area contributed by atoms with E-state index in [-0.39, 0.29) is 0 Å². The van der Waals surface area contributed by atoms with Crippen LogP contribution in [0, 0.1) is 0 Å². The van der Waals surface area contributed by atoms with Gasteiger partial charge in [-0.25, -0.2) is 0 Å². The van der Waals surface area contributed by atoms with E-state index in [2.05, 4.69) is 31.2 Å². The summed E-state index contributed by atoms with van der Waals surface area (Å²) in [5, 5.41) is 1.43. The molecule has 13 heavy (non-hydrogen) atoms. The number of hydrogen-bond donors (Lipinski definition) is 0. The zero-order chi connectivity index (χ0) is 9.52. The van der Waals surface area contributed by atoms with Gasteiger partial charge in [0, 0.05) is 0 Å². The monoisotopic (exact) mass is 212 g/mol. The number of aryl methyl sites for hydroxylation is 1. The molecule has 0 aliphatic rings. The van der Waals surface area contributed by atoms with Gasteiger partial charge >= 0.3 is 0 Å². The van der Waals surface area contributed by atoms with Gasteiger partial charge in [-0.2, -0.15) is 11.1 Å². The van der Waals surface area contributed by atoms with Crippen LogP contribution in [0.25, 0.3) is 0 Å². The third-order valence-corrected chi connectivity index (χ3v) is 4.15. The highest BCUT2D eigenvalue weighted by molar-refractivity contribution is 7.01. The molecule has 0 saturated carbocycles. The molecule has 0 atom stereocenters. The minimum absolute atomic E-state index is 0.500. The largest absolute Gasteiger partial charge is 0.170 e. The molecule has 0 saturated heterocycles. The van der Waals surface area contributed by atoms with Crippen molar-refractivity contribution in [2.75, 3.05) is 0 Å². The second-order valence-electron chi connectivity index (χ2n) is 3.36. The molecule has 72 valence electrons. The van der Waals surface area contributed by atoms with Crippen molar-refractivity contribution in [3.05, 3.63) is 29.8 Å². The molecular weight excluding hydrogens is 196 g/mol. The number of unbranched alkanes of at least 4 members (excludes halogenated alkanes) is 2. The van der Waals surface area contributed by atoms with E-state index in [1.807, 2.05) is 0 Å². The Morgan fingerprint density at radius 1 is 1.23 bits per heavy atom. The molecule has 0 nitrogen and oxygen atoms in total. The molecule has 1 aromatic rings. The molecule has 1 rings (SSSR count). The molecule has 0 spiro atoms. The lowest BCUT2D eigenvalue weighted by Crippen LogP contribution is -2.14. The van der Waals surface area contributed by atoms with Crippen LogP contribution in [0.2, 0.25) is 0 Å². The molecule has 0 unspecified atom stereocenters. The fourth-order valence-electron chi connectivity index (χ4n) is 1.50. The van der Waals surface area contributed by atoms with Gasteiger partial charge in [0.2, 0.25) is 0 Å². The molecule has 0 aliphatic carbocycles. The maximum absolute atomic E-state index is 5.98. The van der Waals surface area contributed by atoms with Crippen molar-refractivity contribution in [3.8, 4) is 0 Å². The lowest BCUT2D eigenvalue weighted by Gasteiger charge is -2.05. The van der Waals surface area contributed by atoms with Crippen LogP contribution in [0.4, 0.5) is 0 Å². The highest BCUT2D eigenvalue weighted by Crippen LogP contribution is 2.04. The van der Waals surface area contributed by atoms with Crippen molar-refractivity contribution >= 4 is 25.1 Å². The Bertz CT molecular complexity index is 248. The van der Waals surface area contributed by atoms with Crippen LogP contribution in [0.1, 0.15) is 31.7 Å². The van der Waals surface area contributed by atoms with E-state index in [4.69, 9.17) is 11.1 Å². The first kappa shape index (κ1) is 10.8. The first-order valence-electron chi connectivity index (χ1n) is 5.01. The maximum atomic E-state index is 5.98. The molecule has 0 aromatic heterocycles. The van der Waals surface area contributed by atoms with Gasteiger partial charge in [0.25, 0.3) is 0 Å². The predicted octanol–water partition coefficient (Wildman–Crippen LogP) is 2.37. The average molecular weight is 213 g/mol. The van der Waals surface area contributed by atoms with E-state index in [1.165, 1.54) is 36.4 Å². The lowest BCUT2D eigenvalue weighted by atomic mass is 10.1. The minimum atomic E-state index is -0.500. The first-order chi connectivity index (χ1) is 6.38. The summed E-state index contributed by atoms with van der Waals surface area (Å²) in [7, 11) is -0.500. The van der Waals surface area contributed by atoms with Crippen LogP contribution >= 0.6 is 11.1 Å².